The highest BCUT2D eigenvalue weighted by molar-refractivity contribution is 9.10. The molecule has 1 heterocycles. The van der Waals surface area contributed by atoms with E-state index >= 15 is 0 Å². The van der Waals surface area contributed by atoms with Gasteiger partial charge in [0.15, 0.2) is 11.9 Å². The van der Waals surface area contributed by atoms with Gasteiger partial charge >= 0.3 is 5.97 Å². The van der Waals surface area contributed by atoms with Gasteiger partial charge in [0.25, 0.3) is 0 Å². The van der Waals surface area contributed by atoms with Crippen molar-refractivity contribution >= 4 is 33.8 Å². The fourth-order valence-electron chi connectivity index (χ4n) is 2.81. The Morgan fingerprint density at radius 2 is 2.07 bits per heavy atom. The van der Waals surface area contributed by atoms with Gasteiger partial charge in [-0.2, -0.15) is 0 Å². The summed E-state index contributed by atoms with van der Waals surface area (Å²) < 4.78 is 17.3. The van der Waals surface area contributed by atoms with Crippen LogP contribution >= 0.6 is 15.9 Å². The molecule has 3 rings (SSSR count). The van der Waals surface area contributed by atoms with Crippen molar-refractivity contribution in [3.8, 4) is 11.5 Å². The molecule has 1 aliphatic rings. The molecular weight excluding hydrogens is 412 g/mol. The molecule has 6 heteroatoms. The maximum absolute atomic E-state index is 12.7. The van der Waals surface area contributed by atoms with Gasteiger partial charge in [0, 0.05) is 10.5 Å². The molecule has 0 saturated carbocycles. The Balaban J connectivity index is 1.86. The van der Waals surface area contributed by atoms with E-state index in [2.05, 4.69) is 15.9 Å². The number of carbonyl (C=O) groups excluding carboxylic acids is 2. The molecule has 2 aromatic carbocycles. The number of halogens is 1. The first kappa shape index (κ1) is 19.2. The lowest BCUT2D eigenvalue weighted by molar-refractivity contribution is -0.150. The maximum Gasteiger partial charge on any atom is 0.347 e. The molecule has 1 aliphatic heterocycles. The molecule has 0 aromatic heterocycles. The third-order valence-corrected chi connectivity index (χ3v) is 4.51. The minimum atomic E-state index is -0.754. The predicted octanol–water partition coefficient (Wildman–Crippen LogP) is 4.70. The molecule has 0 aliphatic carbocycles. The first-order chi connectivity index (χ1) is 12.9. The SMILES string of the molecule is CCOC(=O)C(C)Oc1cc(C)c2c(c1)O/C(=C\c1cccc(Br)c1)C2=O. The van der Waals surface area contributed by atoms with Crippen molar-refractivity contribution in [2.24, 2.45) is 0 Å². The summed E-state index contributed by atoms with van der Waals surface area (Å²) in [6, 6.07) is 10.9. The standard InChI is InChI=1S/C21H19BrO5/c1-4-25-21(24)13(3)26-16-8-12(2)19-17(11-16)27-18(20(19)23)10-14-6-5-7-15(22)9-14/h5-11,13H,4H2,1-3H3/b18-10-. The van der Waals surface area contributed by atoms with Gasteiger partial charge < -0.3 is 14.2 Å². The minimum absolute atomic E-state index is 0.174. The minimum Gasteiger partial charge on any atom is -0.479 e. The highest BCUT2D eigenvalue weighted by Crippen LogP contribution is 2.37. The third-order valence-electron chi connectivity index (χ3n) is 4.02. The summed E-state index contributed by atoms with van der Waals surface area (Å²) >= 11 is 3.41. The van der Waals surface area contributed by atoms with Crippen LogP contribution in [0.4, 0.5) is 0 Å². The Morgan fingerprint density at radius 1 is 1.30 bits per heavy atom. The highest BCUT2D eigenvalue weighted by Gasteiger charge is 2.30. The largest absolute Gasteiger partial charge is 0.479 e. The molecule has 0 fully saturated rings. The van der Waals surface area contributed by atoms with Gasteiger partial charge in [-0.05, 0) is 56.2 Å². The van der Waals surface area contributed by atoms with Crippen molar-refractivity contribution in [2.75, 3.05) is 6.61 Å². The molecule has 27 heavy (non-hydrogen) atoms. The Kier molecular flexibility index (Phi) is 5.65. The van der Waals surface area contributed by atoms with Gasteiger partial charge in [-0.1, -0.05) is 28.1 Å². The van der Waals surface area contributed by atoms with Crippen LogP contribution in [-0.2, 0) is 9.53 Å². The molecule has 1 unspecified atom stereocenters. The van der Waals surface area contributed by atoms with Crippen LogP contribution in [0, 0.1) is 6.92 Å². The summed E-state index contributed by atoms with van der Waals surface area (Å²) in [4.78, 5) is 24.5. The predicted molar refractivity (Wildman–Crippen MR) is 105 cm³/mol. The summed E-state index contributed by atoms with van der Waals surface area (Å²) in [6.07, 6.45) is 0.949. The molecule has 1 atom stereocenters. The van der Waals surface area contributed by atoms with E-state index in [1.807, 2.05) is 31.2 Å². The summed E-state index contributed by atoms with van der Waals surface area (Å²) in [6.45, 7) is 5.45. The molecule has 0 spiro atoms. The number of benzene rings is 2. The Bertz CT molecular complexity index is 932. The first-order valence-electron chi connectivity index (χ1n) is 8.56. The van der Waals surface area contributed by atoms with E-state index in [9.17, 15) is 9.59 Å². The average molecular weight is 431 g/mol. The number of ether oxygens (including phenoxy) is 3. The molecule has 140 valence electrons. The fourth-order valence-corrected chi connectivity index (χ4v) is 3.22. The number of ketones is 1. The van der Waals surface area contributed by atoms with Crippen LogP contribution in [0.2, 0.25) is 0 Å². The highest BCUT2D eigenvalue weighted by atomic mass is 79.9. The van der Waals surface area contributed by atoms with Crippen LogP contribution in [-0.4, -0.2) is 24.5 Å². The van der Waals surface area contributed by atoms with Crippen molar-refractivity contribution in [3.05, 3.63) is 63.3 Å². The topological polar surface area (TPSA) is 61.8 Å². The van der Waals surface area contributed by atoms with E-state index in [-0.39, 0.29) is 18.1 Å². The van der Waals surface area contributed by atoms with Gasteiger partial charge in [-0.15, -0.1) is 0 Å². The van der Waals surface area contributed by atoms with Gasteiger partial charge in [0.05, 0.1) is 12.2 Å². The van der Waals surface area contributed by atoms with Crippen LogP contribution in [0.1, 0.15) is 35.3 Å². The monoisotopic (exact) mass is 430 g/mol. The summed E-state index contributed by atoms with van der Waals surface area (Å²) in [7, 11) is 0. The number of Topliss-reactive ketones (excluding diaryl/α,β-unsaturated/α-hetero) is 1. The number of hydrogen-bond acceptors (Lipinski definition) is 5. The van der Waals surface area contributed by atoms with Gasteiger partial charge in [0.2, 0.25) is 5.78 Å². The smallest absolute Gasteiger partial charge is 0.347 e. The van der Waals surface area contributed by atoms with Crippen LogP contribution in [0.3, 0.4) is 0 Å². The van der Waals surface area contributed by atoms with Gasteiger partial charge in [-0.25, -0.2) is 4.79 Å². The summed E-state index contributed by atoms with van der Waals surface area (Å²) in [5, 5.41) is 0. The van der Waals surface area contributed by atoms with Crippen LogP contribution in [0.15, 0.2) is 46.6 Å². The second kappa shape index (κ2) is 7.96. The number of esters is 1. The molecule has 0 amide bonds. The molecule has 0 saturated heterocycles. The lowest BCUT2D eigenvalue weighted by atomic mass is 10.0. The molecular formula is C21H19BrO5. The summed E-state index contributed by atoms with van der Waals surface area (Å²) in [5.41, 5.74) is 2.08. The lowest BCUT2D eigenvalue weighted by Gasteiger charge is -2.14. The zero-order chi connectivity index (χ0) is 19.6. The van der Waals surface area contributed by atoms with Gasteiger partial charge in [-0.3, -0.25) is 4.79 Å². The van der Waals surface area contributed by atoms with Crippen molar-refractivity contribution in [1.29, 1.82) is 0 Å². The molecule has 0 radical (unpaired) electrons. The number of hydrogen-bond donors (Lipinski definition) is 0. The van der Waals surface area contributed by atoms with Crippen LogP contribution in [0.5, 0.6) is 11.5 Å². The van der Waals surface area contributed by atoms with Crippen molar-refractivity contribution < 1.29 is 23.8 Å². The number of rotatable bonds is 5. The summed E-state index contributed by atoms with van der Waals surface area (Å²) in [5.74, 6) is 0.507. The second-order valence-electron chi connectivity index (χ2n) is 6.12. The van der Waals surface area contributed by atoms with E-state index in [1.54, 1.807) is 32.1 Å². The molecule has 5 nitrogen and oxygen atoms in total. The number of carbonyl (C=O) groups is 2. The van der Waals surface area contributed by atoms with Crippen molar-refractivity contribution in [2.45, 2.75) is 26.9 Å². The van der Waals surface area contributed by atoms with Crippen molar-refractivity contribution in [3.63, 3.8) is 0 Å². The van der Waals surface area contributed by atoms with Gasteiger partial charge in [0.1, 0.15) is 11.5 Å². The number of fused-ring (bicyclic) bond motifs is 1. The van der Waals surface area contributed by atoms with E-state index in [0.717, 1.165) is 15.6 Å². The lowest BCUT2D eigenvalue weighted by Crippen LogP contribution is -2.26. The zero-order valence-corrected chi connectivity index (χ0v) is 16.8. The second-order valence-corrected chi connectivity index (χ2v) is 7.04. The Labute approximate surface area is 166 Å². The normalized spacial score (nSPS) is 15.3. The molecule has 0 bridgehead atoms. The van der Waals surface area contributed by atoms with Crippen molar-refractivity contribution in [1.82, 2.24) is 0 Å². The first-order valence-corrected chi connectivity index (χ1v) is 9.36. The Hall–Kier alpha value is -2.60. The quantitative estimate of drug-likeness (QED) is 0.507. The van der Waals surface area contributed by atoms with Crippen LogP contribution in [0.25, 0.3) is 6.08 Å². The zero-order valence-electron chi connectivity index (χ0n) is 15.2. The average Bonchev–Trinajstić information content (AvgIpc) is 2.91. The van der Waals surface area contributed by atoms with E-state index < -0.39 is 12.1 Å². The fraction of sp³-hybridized carbons (Fsp3) is 0.238. The molecule has 0 N–H and O–H groups in total. The van der Waals surface area contributed by atoms with E-state index in [1.165, 1.54) is 0 Å². The third kappa shape index (κ3) is 4.22. The number of allylic oxidation sites excluding steroid dienone is 1. The maximum atomic E-state index is 12.7. The molecule has 2 aromatic rings. The number of aryl methyl sites for hydroxylation is 1. The van der Waals surface area contributed by atoms with E-state index in [0.29, 0.717) is 17.1 Å². The Morgan fingerprint density at radius 3 is 2.78 bits per heavy atom. The van der Waals surface area contributed by atoms with E-state index in [4.69, 9.17) is 14.2 Å². The van der Waals surface area contributed by atoms with Crippen LogP contribution < -0.4 is 9.47 Å².